The second-order valence-electron chi connectivity index (χ2n) is 2.53. The van der Waals surface area contributed by atoms with Crippen LogP contribution in [0.3, 0.4) is 0 Å². The van der Waals surface area contributed by atoms with Gasteiger partial charge in [0.25, 0.3) is 0 Å². The summed E-state index contributed by atoms with van der Waals surface area (Å²) in [4.78, 5) is 10.5. The summed E-state index contributed by atoms with van der Waals surface area (Å²) in [6.45, 7) is 0. The average molecular weight is 141 g/mol. The topological polar surface area (TPSA) is 63.3 Å². The van der Waals surface area contributed by atoms with Gasteiger partial charge in [0.2, 0.25) is 0 Å². The van der Waals surface area contributed by atoms with Crippen LogP contribution >= 0.6 is 0 Å². The molecule has 3 heteroatoms. The van der Waals surface area contributed by atoms with Gasteiger partial charge in [-0.3, -0.25) is 4.79 Å². The summed E-state index contributed by atoms with van der Waals surface area (Å²) in [5.74, 6) is -1.15. The molecule has 0 saturated heterocycles. The minimum absolute atomic E-state index is 0.286. The van der Waals surface area contributed by atoms with Crippen LogP contribution in [0.25, 0.3) is 0 Å². The predicted octanol–water partition coefficient (Wildman–Crippen LogP) is 0.364. The molecule has 3 nitrogen and oxygen atoms in total. The largest absolute Gasteiger partial charge is 0.481 e. The first-order valence-corrected chi connectivity index (χ1v) is 3.37. The first kappa shape index (κ1) is 7.28. The summed E-state index contributed by atoms with van der Waals surface area (Å²) in [5.41, 5.74) is 5.51. The molecule has 0 saturated carbocycles. The SMILES string of the molecule is NC1C=CCCC1C(=O)O. The lowest BCUT2D eigenvalue weighted by Crippen LogP contribution is -2.35. The number of allylic oxidation sites excluding steroid dienone is 1. The molecule has 56 valence electrons. The molecule has 0 heterocycles. The molecule has 0 radical (unpaired) electrons. The zero-order valence-corrected chi connectivity index (χ0v) is 5.66. The van der Waals surface area contributed by atoms with Gasteiger partial charge in [-0.15, -0.1) is 0 Å². The molecule has 0 aromatic heterocycles. The molecule has 3 N–H and O–H groups in total. The highest BCUT2D eigenvalue weighted by atomic mass is 16.4. The van der Waals surface area contributed by atoms with Gasteiger partial charge in [-0.1, -0.05) is 12.2 Å². The zero-order chi connectivity index (χ0) is 7.56. The van der Waals surface area contributed by atoms with Crippen LogP contribution in [-0.2, 0) is 4.79 Å². The smallest absolute Gasteiger partial charge is 0.308 e. The van der Waals surface area contributed by atoms with Crippen LogP contribution in [0.2, 0.25) is 0 Å². The molecular weight excluding hydrogens is 130 g/mol. The molecule has 0 spiro atoms. The summed E-state index contributed by atoms with van der Waals surface area (Å²) in [5, 5.41) is 8.59. The van der Waals surface area contributed by atoms with Crippen molar-refractivity contribution in [3.05, 3.63) is 12.2 Å². The number of carbonyl (C=O) groups is 1. The highest BCUT2D eigenvalue weighted by molar-refractivity contribution is 5.71. The highest BCUT2D eigenvalue weighted by Crippen LogP contribution is 2.16. The van der Waals surface area contributed by atoms with Gasteiger partial charge in [0.15, 0.2) is 0 Å². The van der Waals surface area contributed by atoms with Crippen LogP contribution in [0.5, 0.6) is 0 Å². The van der Waals surface area contributed by atoms with Crippen LogP contribution < -0.4 is 5.73 Å². The number of hydrogen-bond donors (Lipinski definition) is 2. The van der Waals surface area contributed by atoms with E-state index in [0.717, 1.165) is 6.42 Å². The van der Waals surface area contributed by atoms with Crippen molar-refractivity contribution in [2.75, 3.05) is 0 Å². The van der Waals surface area contributed by atoms with E-state index in [4.69, 9.17) is 10.8 Å². The van der Waals surface area contributed by atoms with E-state index in [1.54, 1.807) is 6.08 Å². The fourth-order valence-corrected chi connectivity index (χ4v) is 1.14. The van der Waals surface area contributed by atoms with Gasteiger partial charge in [-0.25, -0.2) is 0 Å². The van der Waals surface area contributed by atoms with E-state index < -0.39 is 5.97 Å². The lowest BCUT2D eigenvalue weighted by molar-refractivity contribution is -0.142. The Morgan fingerprint density at radius 1 is 1.70 bits per heavy atom. The quantitative estimate of drug-likeness (QED) is 0.518. The van der Waals surface area contributed by atoms with Gasteiger partial charge in [0.05, 0.1) is 5.92 Å². The number of rotatable bonds is 1. The lowest BCUT2D eigenvalue weighted by Gasteiger charge is -2.19. The Bertz CT molecular complexity index is 165. The molecule has 10 heavy (non-hydrogen) atoms. The predicted molar refractivity (Wildman–Crippen MR) is 37.5 cm³/mol. The first-order chi connectivity index (χ1) is 4.72. The second-order valence-corrected chi connectivity index (χ2v) is 2.53. The van der Waals surface area contributed by atoms with E-state index >= 15 is 0 Å². The summed E-state index contributed by atoms with van der Waals surface area (Å²) in [6.07, 6.45) is 5.21. The standard InChI is InChI=1S/C7H11NO2/c8-6-4-2-1-3-5(6)7(9)10/h2,4-6H,1,3,8H2,(H,9,10). The summed E-state index contributed by atoms with van der Waals surface area (Å²) >= 11 is 0. The summed E-state index contributed by atoms with van der Waals surface area (Å²) in [6, 6.07) is -0.286. The van der Waals surface area contributed by atoms with Crippen LogP contribution in [0.1, 0.15) is 12.8 Å². The molecule has 1 rings (SSSR count). The van der Waals surface area contributed by atoms with E-state index in [2.05, 4.69) is 0 Å². The lowest BCUT2D eigenvalue weighted by atomic mass is 9.90. The summed E-state index contributed by atoms with van der Waals surface area (Å²) in [7, 11) is 0. The third-order valence-electron chi connectivity index (χ3n) is 1.78. The molecule has 0 aromatic rings. The third-order valence-corrected chi connectivity index (χ3v) is 1.78. The van der Waals surface area contributed by atoms with Gasteiger partial charge in [0, 0.05) is 6.04 Å². The van der Waals surface area contributed by atoms with E-state index in [1.165, 1.54) is 0 Å². The van der Waals surface area contributed by atoms with Crippen molar-refractivity contribution in [1.29, 1.82) is 0 Å². The van der Waals surface area contributed by atoms with Crippen molar-refractivity contribution in [3.63, 3.8) is 0 Å². The maximum Gasteiger partial charge on any atom is 0.308 e. The average Bonchev–Trinajstić information content (AvgIpc) is 1.88. The monoisotopic (exact) mass is 141 g/mol. The van der Waals surface area contributed by atoms with Gasteiger partial charge < -0.3 is 10.8 Å². The zero-order valence-electron chi connectivity index (χ0n) is 5.66. The number of aliphatic carboxylic acids is 1. The number of hydrogen-bond acceptors (Lipinski definition) is 2. The van der Waals surface area contributed by atoms with E-state index in [0.29, 0.717) is 6.42 Å². The van der Waals surface area contributed by atoms with Crippen molar-refractivity contribution < 1.29 is 9.90 Å². The van der Waals surface area contributed by atoms with Crippen LogP contribution in [0.4, 0.5) is 0 Å². The number of carboxylic acid groups (broad SMARTS) is 1. The molecular formula is C7H11NO2. The Morgan fingerprint density at radius 2 is 2.40 bits per heavy atom. The van der Waals surface area contributed by atoms with Crippen LogP contribution in [-0.4, -0.2) is 17.1 Å². The summed E-state index contributed by atoms with van der Waals surface area (Å²) < 4.78 is 0. The van der Waals surface area contributed by atoms with Gasteiger partial charge in [-0.2, -0.15) is 0 Å². The molecule has 2 unspecified atom stereocenters. The van der Waals surface area contributed by atoms with Crippen molar-refractivity contribution in [3.8, 4) is 0 Å². The Kier molecular flexibility index (Phi) is 2.06. The second kappa shape index (κ2) is 2.84. The third kappa shape index (κ3) is 1.36. The fraction of sp³-hybridized carbons (Fsp3) is 0.571. The normalized spacial score (nSPS) is 32.1. The fourth-order valence-electron chi connectivity index (χ4n) is 1.14. The maximum atomic E-state index is 10.5. The Labute approximate surface area is 59.5 Å². The Morgan fingerprint density at radius 3 is 2.80 bits per heavy atom. The molecule has 1 aliphatic rings. The van der Waals surface area contributed by atoms with Crippen molar-refractivity contribution in [1.82, 2.24) is 0 Å². The molecule has 0 fully saturated rings. The number of nitrogens with two attached hydrogens (primary N) is 1. The number of carboxylic acids is 1. The minimum atomic E-state index is -0.781. The van der Waals surface area contributed by atoms with Crippen LogP contribution in [0.15, 0.2) is 12.2 Å². The molecule has 2 atom stereocenters. The molecule has 0 amide bonds. The van der Waals surface area contributed by atoms with Crippen molar-refractivity contribution in [2.24, 2.45) is 11.7 Å². The van der Waals surface area contributed by atoms with E-state index in [-0.39, 0.29) is 12.0 Å². The molecule has 0 aromatic carbocycles. The van der Waals surface area contributed by atoms with E-state index in [9.17, 15) is 4.79 Å². The minimum Gasteiger partial charge on any atom is -0.481 e. The van der Waals surface area contributed by atoms with Gasteiger partial charge in [-0.05, 0) is 12.8 Å². The first-order valence-electron chi connectivity index (χ1n) is 3.37. The van der Waals surface area contributed by atoms with Crippen LogP contribution in [0, 0.1) is 5.92 Å². The molecule has 0 bridgehead atoms. The highest BCUT2D eigenvalue weighted by Gasteiger charge is 2.24. The van der Waals surface area contributed by atoms with E-state index in [1.807, 2.05) is 6.08 Å². The van der Waals surface area contributed by atoms with Crippen molar-refractivity contribution in [2.45, 2.75) is 18.9 Å². The Balaban J connectivity index is 2.60. The Hall–Kier alpha value is -0.830. The van der Waals surface area contributed by atoms with Crippen molar-refractivity contribution >= 4 is 5.97 Å². The molecule has 1 aliphatic carbocycles. The molecule has 0 aliphatic heterocycles. The maximum absolute atomic E-state index is 10.5. The van der Waals surface area contributed by atoms with Gasteiger partial charge in [0.1, 0.15) is 0 Å². The van der Waals surface area contributed by atoms with Gasteiger partial charge >= 0.3 is 5.97 Å².